The largest absolute Gasteiger partial charge is 0.507 e. The molecule has 6 N–H and O–H groups in total. The van der Waals surface area contributed by atoms with Gasteiger partial charge in [0.1, 0.15) is 5.75 Å². The second kappa shape index (κ2) is 7.79. The van der Waals surface area contributed by atoms with Crippen molar-refractivity contribution in [3.63, 3.8) is 0 Å². The van der Waals surface area contributed by atoms with Crippen molar-refractivity contribution in [2.45, 2.75) is 37.2 Å². The fraction of sp³-hybridized carbons (Fsp3) is 0.500. The molecule has 10 heteroatoms. The van der Waals surface area contributed by atoms with Crippen LogP contribution in [0.1, 0.15) is 39.9 Å². The number of phenolic OH excluding ortho intramolecular Hbond substituents is 1. The Kier molecular flexibility index (Phi) is 5.51. The molecule has 1 aromatic carbocycles. The molecule has 0 aliphatic heterocycles. The van der Waals surface area contributed by atoms with E-state index in [0.717, 1.165) is 0 Å². The number of carbonyl (C=O) groups is 5. The Labute approximate surface area is 187 Å². The van der Waals surface area contributed by atoms with E-state index in [-0.39, 0.29) is 37.1 Å². The maximum atomic E-state index is 13.5. The van der Waals surface area contributed by atoms with Crippen molar-refractivity contribution in [2.24, 2.45) is 35.1 Å². The number of aliphatic hydroxyl groups is 1. The van der Waals surface area contributed by atoms with Crippen LogP contribution in [0.25, 0.3) is 0 Å². The lowest BCUT2D eigenvalue weighted by atomic mass is 9.53. The molecule has 5 atom stereocenters. The summed E-state index contributed by atoms with van der Waals surface area (Å²) in [6.45, 7) is 0.132. The van der Waals surface area contributed by atoms with Gasteiger partial charge < -0.3 is 21.7 Å². The summed E-state index contributed by atoms with van der Waals surface area (Å²) in [5.74, 6) is -9.58. The summed E-state index contributed by atoms with van der Waals surface area (Å²) in [5.41, 5.74) is 10.2. The Morgan fingerprint density at radius 3 is 2.47 bits per heavy atom. The summed E-state index contributed by atoms with van der Waals surface area (Å²) < 4.78 is 0. The van der Waals surface area contributed by atoms with Gasteiger partial charge in [-0.2, -0.15) is 11.8 Å². The average Bonchev–Trinajstić information content (AvgIpc) is 2.72. The van der Waals surface area contributed by atoms with Gasteiger partial charge in [0, 0.05) is 30.2 Å². The van der Waals surface area contributed by atoms with E-state index in [1.165, 1.54) is 11.8 Å². The van der Waals surface area contributed by atoms with Crippen LogP contribution in [-0.4, -0.2) is 51.1 Å². The second-order valence-electron chi connectivity index (χ2n) is 8.77. The zero-order valence-corrected chi connectivity index (χ0v) is 18.2. The first-order chi connectivity index (χ1) is 15.1. The highest BCUT2D eigenvalue weighted by molar-refractivity contribution is 7.97. The summed E-state index contributed by atoms with van der Waals surface area (Å²) in [4.78, 5) is 63.9. The Hall–Kier alpha value is -2.56. The molecule has 1 aromatic rings. The lowest BCUT2D eigenvalue weighted by molar-refractivity contribution is -0.175. The zero-order valence-electron chi connectivity index (χ0n) is 17.4. The summed E-state index contributed by atoms with van der Waals surface area (Å²) >= 11 is 1.44. The van der Waals surface area contributed by atoms with E-state index in [0.29, 0.717) is 22.4 Å². The van der Waals surface area contributed by atoms with E-state index in [2.05, 4.69) is 0 Å². The van der Waals surface area contributed by atoms with E-state index < -0.39 is 58.3 Å². The number of primary amides is 1. The molecule has 32 heavy (non-hydrogen) atoms. The zero-order chi connectivity index (χ0) is 23.5. The highest BCUT2D eigenvalue weighted by atomic mass is 32.2. The summed E-state index contributed by atoms with van der Waals surface area (Å²) in [7, 11) is 0. The number of ketones is 4. The van der Waals surface area contributed by atoms with Crippen molar-refractivity contribution in [1.82, 2.24) is 0 Å². The first-order valence-electron chi connectivity index (χ1n) is 10.3. The number of thioether (sulfide) groups is 1. The van der Waals surface area contributed by atoms with E-state index in [1.54, 1.807) is 6.07 Å². The summed E-state index contributed by atoms with van der Waals surface area (Å²) in [6, 6.07) is 1.75. The molecule has 3 aliphatic rings. The minimum atomic E-state index is -2.63. The molecular formula is C22H24N2O7S. The topological polar surface area (TPSA) is 178 Å². The van der Waals surface area contributed by atoms with Gasteiger partial charge in [0.25, 0.3) is 0 Å². The molecule has 1 amide bonds. The van der Waals surface area contributed by atoms with Gasteiger partial charge in [-0.25, -0.2) is 0 Å². The van der Waals surface area contributed by atoms with Crippen molar-refractivity contribution in [2.75, 3.05) is 6.26 Å². The SMILES string of the molecule is CSCc1cc(CN)c2c(c1O)C(=O)C1C(=O)C3(O)C(=O)C(C(N)=O)C(=O)CC3CC1C2. The number of phenols is 1. The number of benzene rings is 1. The molecular weight excluding hydrogens is 436 g/mol. The van der Waals surface area contributed by atoms with Crippen molar-refractivity contribution < 1.29 is 34.2 Å². The van der Waals surface area contributed by atoms with Gasteiger partial charge >= 0.3 is 0 Å². The summed E-state index contributed by atoms with van der Waals surface area (Å²) in [5, 5.41) is 22.0. The van der Waals surface area contributed by atoms with E-state index >= 15 is 0 Å². The van der Waals surface area contributed by atoms with Gasteiger partial charge in [0.05, 0.1) is 11.5 Å². The Bertz CT molecular complexity index is 1080. The minimum absolute atomic E-state index is 0.000522. The van der Waals surface area contributed by atoms with Gasteiger partial charge in [-0.3, -0.25) is 24.0 Å². The van der Waals surface area contributed by atoms with Crippen molar-refractivity contribution in [3.8, 4) is 5.75 Å². The molecule has 2 fully saturated rings. The van der Waals surface area contributed by atoms with Gasteiger partial charge in [0.2, 0.25) is 5.91 Å². The Balaban J connectivity index is 1.83. The molecule has 0 spiro atoms. The quantitative estimate of drug-likeness (QED) is 0.437. The van der Waals surface area contributed by atoms with Gasteiger partial charge in [0.15, 0.2) is 34.7 Å². The average molecular weight is 461 g/mol. The third-order valence-electron chi connectivity index (χ3n) is 7.09. The molecule has 0 bridgehead atoms. The molecule has 0 saturated heterocycles. The fourth-order valence-electron chi connectivity index (χ4n) is 5.62. The molecule has 4 rings (SSSR count). The van der Waals surface area contributed by atoms with Crippen molar-refractivity contribution in [3.05, 3.63) is 28.3 Å². The highest BCUT2D eigenvalue weighted by Gasteiger charge is 2.66. The van der Waals surface area contributed by atoms with Crippen LogP contribution in [0.3, 0.4) is 0 Å². The predicted octanol–water partition coefficient (Wildman–Crippen LogP) is -0.351. The number of nitrogens with two attached hydrogens (primary N) is 2. The van der Waals surface area contributed by atoms with Crippen LogP contribution in [0.4, 0.5) is 0 Å². The van der Waals surface area contributed by atoms with Crippen molar-refractivity contribution >= 4 is 40.8 Å². The number of aromatic hydroxyl groups is 1. The molecule has 5 unspecified atom stereocenters. The first-order valence-corrected chi connectivity index (χ1v) is 11.7. The molecule has 0 radical (unpaired) electrons. The number of carbonyl (C=O) groups excluding carboxylic acids is 5. The standard InChI is InChI=1S/C22H24N2O7S/c1-32-7-10-2-9(6-23)12-4-8-3-11-5-13(25)16(21(24)30)20(29)22(11,31)19(28)14(8)18(27)15(12)17(10)26/h2,8,11,14,16,26,31H,3-7,23H2,1H3,(H2,24,30). The maximum absolute atomic E-state index is 13.5. The summed E-state index contributed by atoms with van der Waals surface area (Å²) in [6.07, 6.45) is 1.79. The van der Waals surface area contributed by atoms with Crippen LogP contribution in [0.5, 0.6) is 5.75 Å². The molecule has 170 valence electrons. The van der Waals surface area contributed by atoms with E-state index in [1.807, 2.05) is 6.26 Å². The number of hydrogen-bond acceptors (Lipinski definition) is 9. The van der Waals surface area contributed by atoms with E-state index in [9.17, 15) is 34.2 Å². The number of amides is 1. The maximum Gasteiger partial charge on any atom is 0.235 e. The Morgan fingerprint density at radius 1 is 1.19 bits per heavy atom. The molecule has 9 nitrogen and oxygen atoms in total. The molecule has 0 heterocycles. The first kappa shape index (κ1) is 22.6. The number of rotatable bonds is 4. The normalized spacial score (nSPS) is 31.7. The third kappa shape index (κ3) is 2.96. The van der Waals surface area contributed by atoms with Crippen LogP contribution in [0.15, 0.2) is 6.07 Å². The minimum Gasteiger partial charge on any atom is -0.507 e. The fourth-order valence-corrected chi connectivity index (χ4v) is 6.15. The van der Waals surface area contributed by atoms with Gasteiger partial charge in [-0.1, -0.05) is 0 Å². The predicted molar refractivity (Wildman–Crippen MR) is 114 cm³/mol. The number of fused-ring (bicyclic) bond motifs is 3. The molecule has 3 aliphatic carbocycles. The number of Topliss-reactive ketones (excluding diaryl/α,β-unsaturated/α-hetero) is 4. The van der Waals surface area contributed by atoms with Gasteiger partial charge in [-0.05, 0) is 42.2 Å². The van der Waals surface area contributed by atoms with Crippen LogP contribution >= 0.6 is 11.8 Å². The molecule has 2 saturated carbocycles. The lowest BCUT2D eigenvalue weighted by Crippen LogP contribution is -2.68. The van der Waals surface area contributed by atoms with E-state index in [4.69, 9.17) is 11.5 Å². The monoisotopic (exact) mass is 460 g/mol. The van der Waals surface area contributed by atoms with Gasteiger partial charge in [-0.15, -0.1) is 0 Å². The van der Waals surface area contributed by atoms with Crippen LogP contribution < -0.4 is 11.5 Å². The van der Waals surface area contributed by atoms with Crippen molar-refractivity contribution in [1.29, 1.82) is 0 Å². The highest BCUT2D eigenvalue weighted by Crippen LogP contribution is 2.50. The molecule has 0 aromatic heterocycles. The van der Waals surface area contributed by atoms with Crippen LogP contribution in [-0.2, 0) is 37.9 Å². The second-order valence-corrected chi connectivity index (χ2v) is 9.64. The lowest BCUT2D eigenvalue weighted by Gasteiger charge is -2.48. The van der Waals surface area contributed by atoms with Crippen LogP contribution in [0, 0.1) is 23.7 Å². The van der Waals surface area contributed by atoms with Crippen LogP contribution in [0.2, 0.25) is 0 Å². The smallest absolute Gasteiger partial charge is 0.235 e. The number of hydrogen-bond donors (Lipinski definition) is 4. The Morgan fingerprint density at radius 2 is 1.88 bits per heavy atom. The third-order valence-corrected chi connectivity index (χ3v) is 7.69.